The van der Waals surface area contributed by atoms with E-state index in [2.05, 4.69) is 11.1 Å². The first-order valence-corrected chi connectivity index (χ1v) is 12.8. The molecule has 0 bridgehead atoms. The van der Waals surface area contributed by atoms with Gasteiger partial charge in [0.25, 0.3) is 0 Å². The van der Waals surface area contributed by atoms with Gasteiger partial charge in [-0.1, -0.05) is 31.0 Å². The van der Waals surface area contributed by atoms with Crippen LogP contribution in [0.5, 0.6) is 11.5 Å². The molecule has 186 valence electrons. The van der Waals surface area contributed by atoms with Crippen LogP contribution in [0.15, 0.2) is 55.0 Å². The van der Waals surface area contributed by atoms with E-state index in [1.54, 1.807) is 18.6 Å². The zero-order valence-corrected chi connectivity index (χ0v) is 20.8. The number of imidazole rings is 1. The lowest BCUT2D eigenvalue weighted by Crippen LogP contribution is -2.40. The van der Waals surface area contributed by atoms with Crippen LogP contribution < -0.4 is 10.5 Å². The summed E-state index contributed by atoms with van der Waals surface area (Å²) in [5, 5.41) is 9.66. The second kappa shape index (κ2) is 10.5. The van der Waals surface area contributed by atoms with E-state index in [1.165, 1.54) is 12.8 Å². The molecular formula is C29H33N5O2. The van der Waals surface area contributed by atoms with Gasteiger partial charge in [0.1, 0.15) is 17.6 Å². The van der Waals surface area contributed by atoms with Gasteiger partial charge in [-0.2, -0.15) is 5.26 Å². The molecule has 5 rings (SSSR count). The summed E-state index contributed by atoms with van der Waals surface area (Å²) in [6.07, 6.45) is 9.72. The molecule has 0 spiro atoms. The highest BCUT2D eigenvalue weighted by atomic mass is 16.5. The van der Waals surface area contributed by atoms with Crippen molar-refractivity contribution in [2.75, 3.05) is 13.1 Å². The number of piperidine rings is 1. The van der Waals surface area contributed by atoms with Gasteiger partial charge in [0, 0.05) is 26.3 Å². The maximum Gasteiger partial charge on any atom is 0.230 e. The monoisotopic (exact) mass is 483 g/mol. The molecule has 1 aliphatic heterocycles. The van der Waals surface area contributed by atoms with Crippen molar-refractivity contribution in [3.05, 3.63) is 77.4 Å². The number of amides is 1. The van der Waals surface area contributed by atoms with Gasteiger partial charge in [0.2, 0.25) is 5.91 Å². The molecule has 2 heterocycles. The minimum absolute atomic E-state index is 0.139. The largest absolute Gasteiger partial charge is 0.456 e. The number of carbonyl (C=O) groups is 1. The third kappa shape index (κ3) is 5.44. The van der Waals surface area contributed by atoms with Crippen LogP contribution in [-0.4, -0.2) is 33.4 Å². The Morgan fingerprint density at radius 1 is 1.22 bits per heavy atom. The number of benzene rings is 2. The van der Waals surface area contributed by atoms with Crippen molar-refractivity contribution in [3.63, 3.8) is 0 Å². The Balaban J connectivity index is 1.31. The van der Waals surface area contributed by atoms with Crippen LogP contribution >= 0.6 is 0 Å². The van der Waals surface area contributed by atoms with E-state index in [9.17, 15) is 10.1 Å². The summed E-state index contributed by atoms with van der Waals surface area (Å²) in [5.74, 6) is 2.02. The van der Waals surface area contributed by atoms with Crippen molar-refractivity contribution in [1.29, 1.82) is 5.26 Å². The zero-order valence-electron chi connectivity index (χ0n) is 20.8. The fourth-order valence-corrected chi connectivity index (χ4v) is 5.09. The van der Waals surface area contributed by atoms with Crippen LogP contribution in [0.3, 0.4) is 0 Å². The van der Waals surface area contributed by atoms with Gasteiger partial charge in [0.15, 0.2) is 0 Å². The lowest BCUT2D eigenvalue weighted by Gasteiger charge is -2.32. The van der Waals surface area contributed by atoms with Crippen LogP contribution in [0.25, 0.3) is 0 Å². The molecule has 1 aromatic heterocycles. The van der Waals surface area contributed by atoms with Crippen molar-refractivity contribution in [2.45, 2.75) is 50.5 Å². The average Bonchev–Trinajstić information content (AvgIpc) is 3.61. The van der Waals surface area contributed by atoms with E-state index in [4.69, 9.17) is 10.5 Å². The molecule has 2 aliphatic rings. The number of rotatable bonds is 9. The molecule has 2 atom stereocenters. The number of hydrogen-bond donors (Lipinski definition) is 1. The third-order valence-electron chi connectivity index (χ3n) is 7.38. The lowest BCUT2D eigenvalue weighted by atomic mass is 9.89. The molecule has 1 saturated carbocycles. The summed E-state index contributed by atoms with van der Waals surface area (Å²) in [4.78, 5) is 19.4. The molecule has 1 aliphatic carbocycles. The summed E-state index contributed by atoms with van der Waals surface area (Å²) >= 11 is 0. The first kappa shape index (κ1) is 24.1. The topological polar surface area (TPSA) is 97.2 Å². The maximum atomic E-state index is 13.2. The van der Waals surface area contributed by atoms with E-state index >= 15 is 0 Å². The molecule has 0 radical (unpaired) electrons. The highest BCUT2D eigenvalue weighted by molar-refractivity contribution is 5.84. The highest BCUT2D eigenvalue weighted by Gasteiger charge is 2.31. The van der Waals surface area contributed by atoms with E-state index in [0.29, 0.717) is 23.5 Å². The van der Waals surface area contributed by atoms with Gasteiger partial charge in [0.05, 0.1) is 29.5 Å². The van der Waals surface area contributed by atoms with Crippen LogP contribution in [0, 0.1) is 17.2 Å². The van der Waals surface area contributed by atoms with Crippen molar-refractivity contribution >= 4 is 5.91 Å². The van der Waals surface area contributed by atoms with E-state index in [-0.39, 0.29) is 17.9 Å². The molecule has 2 unspecified atom stereocenters. The number of nitriles is 1. The molecule has 7 nitrogen and oxygen atoms in total. The molecule has 1 amide bonds. The Bertz CT molecular complexity index is 1270. The standard InChI is InChI=1S/C29H33N5O2/c1-33-19-32-18-27(33)26(31)14-21-9-10-23(17-30)28(15-21)36-24-5-2-4-22(16-24)25-6-3-12-34(29(25)35)13-11-20-7-8-20/h2,4-5,9-10,15-16,18-20,25-26H,3,6-8,11-14,31H2,1H3. The maximum absolute atomic E-state index is 13.2. The van der Waals surface area contributed by atoms with Gasteiger partial charge in [-0.3, -0.25) is 4.79 Å². The second-order valence-corrected chi connectivity index (χ2v) is 10.1. The van der Waals surface area contributed by atoms with Gasteiger partial charge >= 0.3 is 0 Å². The van der Waals surface area contributed by atoms with Gasteiger partial charge in [-0.15, -0.1) is 0 Å². The molecule has 2 fully saturated rings. The normalized spacial score (nSPS) is 18.6. The Morgan fingerprint density at radius 2 is 2.08 bits per heavy atom. The smallest absolute Gasteiger partial charge is 0.230 e. The lowest BCUT2D eigenvalue weighted by molar-refractivity contribution is -0.135. The van der Waals surface area contributed by atoms with Crippen LogP contribution in [0.1, 0.15) is 66.4 Å². The fraction of sp³-hybridized carbons (Fsp3) is 0.414. The summed E-state index contributed by atoms with van der Waals surface area (Å²) in [6.45, 7) is 1.73. The minimum atomic E-state index is -0.221. The number of hydrogen-bond acceptors (Lipinski definition) is 5. The first-order valence-electron chi connectivity index (χ1n) is 12.8. The van der Waals surface area contributed by atoms with E-state index < -0.39 is 0 Å². The van der Waals surface area contributed by atoms with Crippen LogP contribution in [0.4, 0.5) is 0 Å². The van der Waals surface area contributed by atoms with Gasteiger partial charge < -0.3 is 19.9 Å². The van der Waals surface area contributed by atoms with Gasteiger partial charge in [-0.25, -0.2) is 4.98 Å². The average molecular weight is 484 g/mol. The Kier molecular flexibility index (Phi) is 7.06. The van der Waals surface area contributed by atoms with Crippen molar-refractivity contribution in [1.82, 2.24) is 14.5 Å². The van der Waals surface area contributed by atoms with E-state index in [1.807, 2.05) is 52.9 Å². The van der Waals surface area contributed by atoms with Gasteiger partial charge in [-0.05, 0) is 67.0 Å². The molecule has 7 heteroatoms. The zero-order chi connectivity index (χ0) is 25.1. The molecule has 2 N–H and O–H groups in total. The molecular weight excluding hydrogens is 450 g/mol. The summed E-state index contributed by atoms with van der Waals surface area (Å²) < 4.78 is 8.13. The molecule has 1 saturated heterocycles. The van der Waals surface area contributed by atoms with Crippen molar-refractivity contribution in [2.24, 2.45) is 18.7 Å². The summed E-state index contributed by atoms with van der Waals surface area (Å²) in [7, 11) is 1.92. The Labute approximate surface area is 212 Å². The van der Waals surface area contributed by atoms with Crippen molar-refractivity contribution < 1.29 is 9.53 Å². The highest BCUT2D eigenvalue weighted by Crippen LogP contribution is 2.35. The number of likely N-dealkylation sites (tertiary alicyclic amines) is 1. The quantitative estimate of drug-likeness (QED) is 0.470. The number of nitrogens with zero attached hydrogens (tertiary/aromatic N) is 4. The predicted octanol–water partition coefficient (Wildman–Crippen LogP) is 4.83. The predicted molar refractivity (Wildman–Crippen MR) is 137 cm³/mol. The molecule has 36 heavy (non-hydrogen) atoms. The number of nitrogens with two attached hydrogens (primary N) is 1. The molecule has 3 aromatic rings. The number of aryl methyl sites for hydroxylation is 1. The van der Waals surface area contributed by atoms with E-state index in [0.717, 1.165) is 55.1 Å². The van der Waals surface area contributed by atoms with Crippen molar-refractivity contribution in [3.8, 4) is 17.6 Å². The fourth-order valence-electron chi connectivity index (χ4n) is 5.09. The second-order valence-electron chi connectivity index (χ2n) is 10.1. The number of carbonyl (C=O) groups excluding carboxylic acids is 1. The Hall–Kier alpha value is -3.63. The third-order valence-corrected chi connectivity index (χ3v) is 7.38. The first-order chi connectivity index (χ1) is 17.5. The van der Waals surface area contributed by atoms with Crippen LogP contribution in [-0.2, 0) is 18.3 Å². The molecule has 2 aromatic carbocycles. The Morgan fingerprint density at radius 3 is 2.83 bits per heavy atom. The minimum Gasteiger partial charge on any atom is -0.456 e. The summed E-state index contributed by atoms with van der Waals surface area (Å²) in [5.41, 5.74) is 9.76. The number of ether oxygens (including phenoxy) is 1. The SMILES string of the molecule is Cn1cncc1C(N)Cc1ccc(C#N)c(Oc2cccc(C3CCCN(CCC4CC4)C3=O)c2)c1. The van der Waals surface area contributed by atoms with Crippen LogP contribution in [0.2, 0.25) is 0 Å². The summed E-state index contributed by atoms with van der Waals surface area (Å²) in [6, 6.07) is 15.3. The number of aromatic nitrogens is 2.